The lowest BCUT2D eigenvalue weighted by molar-refractivity contribution is 0.0782. The number of carbonyl (C=O) groups is 2. The molecule has 2 amide bonds. The van der Waals surface area contributed by atoms with E-state index in [0.717, 1.165) is 5.56 Å². The first-order chi connectivity index (χ1) is 18.0. The first-order valence-corrected chi connectivity index (χ1v) is 12.7. The number of hydrogen-bond donors (Lipinski definition) is 4. The van der Waals surface area contributed by atoms with Crippen molar-refractivity contribution < 1.29 is 19.1 Å². The molecule has 11 heteroatoms. The molecule has 0 spiro atoms. The van der Waals surface area contributed by atoms with Crippen molar-refractivity contribution in [1.82, 2.24) is 20.1 Å². The van der Waals surface area contributed by atoms with Crippen molar-refractivity contribution in [2.45, 2.75) is 32.4 Å². The van der Waals surface area contributed by atoms with Gasteiger partial charge in [-0.15, -0.1) is 11.3 Å². The zero-order valence-electron chi connectivity index (χ0n) is 21.3. The molecule has 0 radical (unpaired) electrons. The van der Waals surface area contributed by atoms with Crippen molar-refractivity contribution in [3.63, 3.8) is 0 Å². The summed E-state index contributed by atoms with van der Waals surface area (Å²) >= 11 is 1.18. The maximum absolute atomic E-state index is 14.9. The van der Waals surface area contributed by atoms with E-state index in [1.165, 1.54) is 23.5 Å². The van der Waals surface area contributed by atoms with Crippen LogP contribution < -0.4 is 16.4 Å². The number of halogens is 1. The lowest BCUT2D eigenvalue weighted by Crippen LogP contribution is -2.26. The van der Waals surface area contributed by atoms with Crippen LogP contribution in [-0.4, -0.2) is 38.2 Å². The van der Waals surface area contributed by atoms with Crippen LogP contribution in [0.15, 0.2) is 54.9 Å². The predicted molar refractivity (Wildman–Crippen MR) is 144 cm³/mol. The summed E-state index contributed by atoms with van der Waals surface area (Å²) in [5.74, 6) is -1.47. The quantitative estimate of drug-likeness (QED) is 0.245. The molecule has 0 aliphatic carbocycles. The van der Waals surface area contributed by atoms with E-state index in [1.807, 2.05) is 13.2 Å². The molecule has 1 aromatic carbocycles. The van der Waals surface area contributed by atoms with Gasteiger partial charge in [0.2, 0.25) is 0 Å². The van der Waals surface area contributed by atoms with Gasteiger partial charge in [-0.25, -0.2) is 9.37 Å². The molecule has 4 rings (SSSR count). The second-order valence-electron chi connectivity index (χ2n) is 9.37. The summed E-state index contributed by atoms with van der Waals surface area (Å²) in [5, 5.41) is 20.7. The Hall–Kier alpha value is -4.09. The molecule has 0 unspecified atom stereocenters. The average Bonchev–Trinajstić information content (AvgIpc) is 3.48. The van der Waals surface area contributed by atoms with E-state index in [4.69, 9.17) is 5.73 Å². The van der Waals surface area contributed by atoms with E-state index < -0.39 is 17.3 Å². The van der Waals surface area contributed by atoms with Crippen molar-refractivity contribution in [2.24, 2.45) is 12.8 Å². The first kappa shape index (κ1) is 27.0. The van der Waals surface area contributed by atoms with Gasteiger partial charge in [0, 0.05) is 30.2 Å². The summed E-state index contributed by atoms with van der Waals surface area (Å²) in [5.41, 5.74) is 7.22. The molecule has 0 aliphatic heterocycles. The van der Waals surface area contributed by atoms with Gasteiger partial charge in [-0.1, -0.05) is 18.2 Å². The molecule has 0 aliphatic rings. The van der Waals surface area contributed by atoms with Gasteiger partial charge in [0.25, 0.3) is 11.8 Å². The van der Waals surface area contributed by atoms with Crippen LogP contribution in [-0.2, 0) is 25.6 Å². The Labute approximate surface area is 223 Å². The van der Waals surface area contributed by atoms with Gasteiger partial charge in [-0.05, 0) is 55.7 Å². The number of anilines is 1. The van der Waals surface area contributed by atoms with Crippen LogP contribution in [0.4, 0.5) is 9.39 Å². The normalized spacial score (nSPS) is 11.4. The molecule has 0 bridgehead atoms. The van der Waals surface area contributed by atoms with E-state index in [2.05, 4.69) is 20.7 Å². The van der Waals surface area contributed by atoms with Gasteiger partial charge in [-0.3, -0.25) is 14.3 Å². The third kappa shape index (κ3) is 6.42. The Bertz CT molecular complexity index is 1470. The molecule has 198 valence electrons. The van der Waals surface area contributed by atoms with E-state index >= 15 is 0 Å². The fraction of sp³-hybridized carbons (Fsp3) is 0.259. The number of hydrogen-bond acceptors (Lipinski definition) is 7. The number of amides is 2. The summed E-state index contributed by atoms with van der Waals surface area (Å²) in [7, 11) is 1.84. The highest BCUT2D eigenvalue weighted by molar-refractivity contribution is 7.19. The largest absolute Gasteiger partial charge is 0.386 e. The molecule has 0 saturated carbocycles. The standard InChI is InChI=1S/C27H29FN6O3S/c1-27(2,37)17-7-8-19(21(28)11-17)23-12-20(24(29)35)26(38-23)31-14-18-5-4-6-22(33-18)25(36)30-10-9-16-13-32-34(3)15-16/h4-8,11-13,15,31,37H,9-10,14H2,1-3H3,(H2,29,35)(H,30,36). The highest BCUT2D eigenvalue weighted by Crippen LogP contribution is 2.37. The third-order valence-electron chi connectivity index (χ3n) is 5.87. The Morgan fingerprint density at radius 2 is 2.00 bits per heavy atom. The van der Waals surface area contributed by atoms with Gasteiger partial charge in [0.15, 0.2) is 0 Å². The van der Waals surface area contributed by atoms with Crippen LogP contribution in [0.3, 0.4) is 0 Å². The monoisotopic (exact) mass is 536 g/mol. The van der Waals surface area contributed by atoms with E-state index in [9.17, 15) is 19.1 Å². The summed E-state index contributed by atoms with van der Waals surface area (Å²) < 4.78 is 16.6. The minimum atomic E-state index is -1.18. The first-order valence-electron chi connectivity index (χ1n) is 11.9. The van der Waals surface area contributed by atoms with Crippen molar-refractivity contribution in [3.05, 3.63) is 88.8 Å². The molecular formula is C27H29FN6O3S. The number of carbonyl (C=O) groups excluding carboxylic acids is 2. The van der Waals surface area contributed by atoms with Gasteiger partial charge < -0.3 is 21.5 Å². The summed E-state index contributed by atoms with van der Waals surface area (Å²) in [6.45, 7) is 3.82. The van der Waals surface area contributed by atoms with Crippen LogP contribution in [0.5, 0.6) is 0 Å². The van der Waals surface area contributed by atoms with Crippen LogP contribution in [0.25, 0.3) is 10.4 Å². The van der Waals surface area contributed by atoms with Crippen molar-refractivity contribution >= 4 is 28.2 Å². The van der Waals surface area contributed by atoms with Crippen LogP contribution in [0.1, 0.15) is 51.5 Å². The molecule has 3 heterocycles. The van der Waals surface area contributed by atoms with E-state index in [-0.39, 0.29) is 23.7 Å². The Morgan fingerprint density at radius 3 is 2.66 bits per heavy atom. The molecule has 3 aromatic heterocycles. The number of nitrogens with two attached hydrogens (primary N) is 1. The Kier molecular flexibility index (Phi) is 7.88. The second-order valence-corrected chi connectivity index (χ2v) is 10.4. The van der Waals surface area contributed by atoms with Crippen molar-refractivity contribution in [3.8, 4) is 10.4 Å². The van der Waals surface area contributed by atoms with Gasteiger partial charge in [0.1, 0.15) is 16.5 Å². The van der Waals surface area contributed by atoms with Crippen LogP contribution in [0.2, 0.25) is 0 Å². The molecule has 5 N–H and O–H groups in total. The number of aliphatic hydroxyl groups is 1. The predicted octanol–water partition coefficient (Wildman–Crippen LogP) is 3.59. The number of aromatic nitrogens is 3. The van der Waals surface area contributed by atoms with Crippen molar-refractivity contribution in [1.29, 1.82) is 0 Å². The molecular weight excluding hydrogens is 507 g/mol. The number of thiophene rings is 1. The summed E-state index contributed by atoms with van der Waals surface area (Å²) in [6, 6.07) is 11.1. The number of nitrogens with one attached hydrogen (secondary N) is 2. The van der Waals surface area contributed by atoms with E-state index in [1.54, 1.807) is 55.1 Å². The fourth-order valence-electron chi connectivity index (χ4n) is 3.82. The summed E-state index contributed by atoms with van der Waals surface area (Å²) in [6.07, 6.45) is 4.30. The highest BCUT2D eigenvalue weighted by Gasteiger charge is 2.21. The minimum Gasteiger partial charge on any atom is -0.386 e. The molecule has 4 aromatic rings. The SMILES string of the molecule is Cn1cc(CCNC(=O)c2cccc(CNc3sc(-c4ccc(C(C)(C)O)cc4F)cc3C(N)=O)n2)cn1. The molecule has 9 nitrogen and oxygen atoms in total. The zero-order chi connectivity index (χ0) is 27.4. The number of aryl methyl sites for hydroxylation is 1. The Morgan fingerprint density at radius 1 is 1.21 bits per heavy atom. The second kappa shape index (κ2) is 11.1. The number of pyridine rings is 1. The zero-order valence-corrected chi connectivity index (χ0v) is 22.1. The van der Waals surface area contributed by atoms with E-state index in [0.29, 0.717) is 39.7 Å². The number of nitrogens with zero attached hydrogens (tertiary/aromatic N) is 3. The third-order valence-corrected chi connectivity index (χ3v) is 6.99. The topological polar surface area (TPSA) is 135 Å². The number of benzene rings is 1. The minimum absolute atomic E-state index is 0.219. The van der Waals surface area contributed by atoms with Crippen LogP contribution in [0, 0.1) is 5.82 Å². The Balaban J connectivity index is 1.44. The lowest BCUT2D eigenvalue weighted by atomic mass is 9.96. The van der Waals surface area contributed by atoms with Gasteiger partial charge in [-0.2, -0.15) is 5.10 Å². The maximum atomic E-state index is 14.9. The number of primary amides is 1. The maximum Gasteiger partial charge on any atom is 0.269 e. The summed E-state index contributed by atoms with van der Waals surface area (Å²) in [4.78, 5) is 29.6. The van der Waals surface area contributed by atoms with Gasteiger partial charge >= 0.3 is 0 Å². The smallest absolute Gasteiger partial charge is 0.269 e. The van der Waals surface area contributed by atoms with Crippen LogP contribution >= 0.6 is 11.3 Å². The van der Waals surface area contributed by atoms with Gasteiger partial charge in [0.05, 0.1) is 29.6 Å². The molecule has 0 saturated heterocycles. The molecule has 0 atom stereocenters. The lowest BCUT2D eigenvalue weighted by Gasteiger charge is -2.18. The number of rotatable bonds is 10. The average molecular weight is 537 g/mol. The van der Waals surface area contributed by atoms with Crippen molar-refractivity contribution in [2.75, 3.05) is 11.9 Å². The highest BCUT2D eigenvalue weighted by atomic mass is 32.1. The fourth-order valence-corrected chi connectivity index (χ4v) is 4.91. The molecule has 0 fully saturated rings. The molecule has 38 heavy (non-hydrogen) atoms.